The maximum atomic E-state index is 11.3. The van der Waals surface area contributed by atoms with Gasteiger partial charge in [0.1, 0.15) is 46.0 Å². The van der Waals surface area contributed by atoms with Crippen molar-refractivity contribution in [3.05, 3.63) is 239 Å². The lowest BCUT2D eigenvalue weighted by Crippen LogP contribution is -2.25. The summed E-state index contributed by atoms with van der Waals surface area (Å²) in [4.78, 5) is 19.5. The van der Waals surface area contributed by atoms with Crippen molar-refractivity contribution in [2.24, 2.45) is 20.0 Å². The highest BCUT2D eigenvalue weighted by Crippen LogP contribution is 2.56. The number of para-hydroxylation sites is 8. The van der Waals surface area contributed by atoms with Crippen LogP contribution in [0.5, 0.6) is 46.0 Å². The standard InChI is InChI=1S/C70H52N4O6/c1-69(2)53-17-9-13-49-41-25-29-61(75)45(33-41)37-71-57-21-5-7-23-59(57)73-39-47-35-43(27-31-63(47)77)51-15-11-19-55-67(51)80-68-52(16-12-20-56(68)70(55,3)4)44-28-32-64(78)48(36-44)40-74-60-24-8-6-22-58(60)72-38-46-34-42(26-30-62(46)76)50-14-10-18-54(69)66(50)79-65(49)53/h5-40,75-78H,1-4H3. The minimum Gasteiger partial charge on any atom is -0.507 e. The van der Waals surface area contributed by atoms with Crippen LogP contribution in [0.3, 0.4) is 0 Å². The summed E-state index contributed by atoms with van der Waals surface area (Å²) in [6.45, 7) is 8.76. The van der Waals surface area contributed by atoms with Crippen LogP contribution in [-0.2, 0) is 10.8 Å². The van der Waals surface area contributed by atoms with Crippen LogP contribution in [0.1, 0.15) is 72.2 Å². The number of phenols is 4. The highest BCUT2D eigenvalue weighted by atomic mass is 16.5. The normalized spacial score (nSPS) is 14.2. The van der Waals surface area contributed by atoms with Gasteiger partial charge in [0, 0.05) is 102 Å². The van der Waals surface area contributed by atoms with E-state index in [9.17, 15) is 20.4 Å². The Morgan fingerprint density at radius 3 is 0.762 bits per heavy atom. The van der Waals surface area contributed by atoms with E-state index in [1.807, 2.05) is 146 Å². The number of ether oxygens (including phenoxy) is 2. The van der Waals surface area contributed by atoms with Crippen molar-refractivity contribution in [2.45, 2.75) is 38.5 Å². The maximum Gasteiger partial charge on any atom is 0.139 e. The molecule has 0 aromatic heterocycles. The van der Waals surface area contributed by atoms with E-state index in [2.05, 4.69) is 52.0 Å². The van der Waals surface area contributed by atoms with E-state index >= 15 is 0 Å². The molecule has 13 rings (SSSR count). The topological polar surface area (TPSA) is 149 Å². The molecule has 10 aromatic carbocycles. The minimum absolute atomic E-state index is 0.0506. The molecule has 0 saturated heterocycles. The monoisotopic (exact) mass is 1040 g/mol. The smallest absolute Gasteiger partial charge is 0.139 e. The van der Waals surface area contributed by atoms with Gasteiger partial charge in [-0.3, -0.25) is 20.0 Å². The van der Waals surface area contributed by atoms with Crippen molar-refractivity contribution in [3.63, 3.8) is 0 Å². The number of hydrogen-bond donors (Lipinski definition) is 4. The Balaban J connectivity index is 0.967. The van der Waals surface area contributed by atoms with Crippen LogP contribution in [0.25, 0.3) is 44.5 Å². The van der Waals surface area contributed by atoms with Crippen LogP contribution in [0.15, 0.2) is 214 Å². The second kappa shape index (κ2) is 19.3. The molecule has 80 heavy (non-hydrogen) atoms. The molecule has 0 spiro atoms. The molecule has 4 N–H and O–H groups in total. The van der Waals surface area contributed by atoms with Gasteiger partial charge in [0.15, 0.2) is 0 Å². The number of phenolic OH excluding ortho intramolecular Hbond substituents is 4. The lowest BCUT2D eigenvalue weighted by Gasteiger charge is -2.36. The van der Waals surface area contributed by atoms with E-state index in [0.29, 0.717) is 68.0 Å². The van der Waals surface area contributed by atoms with Gasteiger partial charge in [-0.15, -0.1) is 0 Å². The van der Waals surface area contributed by atoms with Crippen LogP contribution in [0, 0.1) is 0 Å². The largest absolute Gasteiger partial charge is 0.507 e. The van der Waals surface area contributed by atoms with Crippen molar-refractivity contribution in [1.29, 1.82) is 0 Å². The molecule has 0 aliphatic carbocycles. The Labute approximate surface area is 463 Å². The summed E-state index contributed by atoms with van der Waals surface area (Å²) < 4.78 is 14.2. The molecule has 388 valence electrons. The fourth-order valence-corrected chi connectivity index (χ4v) is 11.2. The zero-order valence-electron chi connectivity index (χ0n) is 44.2. The van der Waals surface area contributed by atoms with Crippen molar-refractivity contribution >= 4 is 47.6 Å². The minimum atomic E-state index is -0.487. The zero-order valence-corrected chi connectivity index (χ0v) is 44.2. The summed E-state index contributed by atoms with van der Waals surface area (Å²) in [5, 5.41) is 45.3. The molecule has 0 fully saturated rings. The third-order valence-corrected chi connectivity index (χ3v) is 15.7. The first-order valence-electron chi connectivity index (χ1n) is 26.4. The summed E-state index contributed by atoms with van der Waals surface area (Å²) in [5.74, 6) is 2.96. The number of hydrogen-bond acceptors (Lipinski definition) is 10. The van der Waals surface area contributed by atoms with E-state index in [-0.39, 0.29) is 23.0 Å². The first-order chi connectivity index (χ1) is 38.8. The van der Waals surface area contributed by atoms with Gasteiger partial charge >= 0.3 is 0 Å². The average Bonchev–Trinajstić information content (AvgIpc) is 3.66. The van der Waals surface area contributed by atoms with Crippen molar-refractivity contribution in [3.8, 4) is 90.5 Å². The summed E-state index contributed by atoms with van der Waals surface area (Å²) in [6, 6.07) is 61.2. The number of aromatic hydroxyl groups is 4. The molecule has 10 heteroatoms. The molecule has 3 aliphatic rings. The molecule has 10 nitrogen and oxygen atoms in total. The summed E-state index contributed by atoms with van der Waals surface area (Å²) in [5.41, 5.74) is 13.8. The van der Waals surface area contributed by atoms with Gasteiger partial charge in [-0.2, -0.15) is 0 Å². The number of fused-ring (bicyclic) bond motifs is 14. The SMILES string of the molecule is CC1(C)c2cccc3c2Oc2c(cccc21)-c1ccc(O)c(c1)C=Nc1ccccc1N=Cc1cc(ccc1O)-c1cccc2c1Oc1c(cccc1C2(C)C)-c1ccc(O)c(c1)C=Nc1ccccc1N=Cc1cc-3ccc1O. The molecule has 3 aliphatic heterocycles. The zero-order chi connectivity index (χ0) is 54.9. The van der Waals surface area contributed by atoms with E-state index in [0.717, 1.165) is 66.8 Å². The second-order valence-electron chi connectivity index (χ2n) is 21.3. The molecular weight excluding hydrogens is 993 g/mol. The Bertz CT molecular complexity index is 3780. The highest BCUT2D eigenvalue weighted by Gasteiger charge is 2.39. The predicted molar refractivity (Wildman–Crippen MR) is 320 cm³/mol. The lowest BCUT2D eigenvalue weighted by atomic mass is 9.74. The third kappa shape index (κ3) is 8.54. The molecule has 3 heterocycles. The Morgan fingerprint density at radius 2 is 0.525 bits per heavy atom. The van der Waals surface area contributed by atoms with Gasteiger partial charge in [-0.05, 0) is 95.1 Å². The van der Waals surface area contributed by atoms with Crippen LogP contribution < -0.4 is 9.47 Å². The molecule has 0 amide bonds. The van der Waals surface area contributed by atoms with E-state index in [1.54, 1.807) is 49.1 Å². The lowest BCUT2D eigenvalue weighted by molar-refractivity contribution is 0.421. The van der Waals surface area contributed by atoms with Gasteiger partial charge in [0.2, 0.25) is 0 Å². The molecule has 10 aromatic rings. The molecular formula is C70H52N4O6. The predicted octanol–water partition coefficient (Wildman–Crippen LogP) is 17.4. The molecule has 0 saturated carbocycles. The van der Waals surface area contributed by atoms with E-state index in [1.165, 1.54) is 0 Å². The average molecular weight is 1050 g/mol. The van der Waals surface area contributed by atoms with Gasteiger partial charge in [-0.1, -0.05) is 149 Å². The quantitative estimate of drug-likeness (QED) is 0.119. The number of nitrogens with zero attached hydrogens (tertiary/aromatic N) is 4. The van der Waals surface area contributed by atoms with E-state index in [4.69, 9.17) is 29.4 Å². The van der Waals surface area contributed by atoms with E-state index < -0.39 is 10.8 Å². The van der Waals surface area contributed by atoms with Crippen LogP contribution in [-0.4, -0.2) is 45.3 Å². The third-order valence-electron chi connectivity index (χ3n) is 15.7. The number of rotatable bonds is 0. The number of aliphatic imine (C=N–C) groups is 4. The highest BCUT2D eigenvalue weighted by molar-refractivity contribution is 5.95. The Hall–Kier alpha value is -10.3. The van der Waals surface area contributed by atoms with Gasteiger partial charge in [-0.25, -0.2) is 0 Å². The van der Waals surface area contributed by atoms with Gasteiger partial charge in [0.05, 0.1) is 22.7 Å². The van der Waals surface area contributed by atoms with Gasteiger partial charge in [0.25, 0.3) is 0 Å². The molecule has 12 bridgehead atoms. The summed E-state index contributed by atoms with van der Waals surface area (Å²) in [6.07, 6.45) is 6.53. The fourth-order valence-electron chi connectivity index (χ4n) is 11.2. The first kappa shape index (κ1) is 49.3. The van der Waals surface area contributed by atoms with Crippen LogP contribution in [0.2, 0.25) is 0 Å². The molecule has 0 atom stereocenters. The first-order valence-corrected chi connectivity index (χ1v) is 26.4. The van der Waals surface area contributed by atoms with Crippen molar-refractivity contribution < 1.29 is 29.9 Å². The fraction of sp³-hybridized carbons (Fsp3) is 0.0857. The summed E-state index contributed by atoms with van der Waals surface area (Å²) >= 11 is 0. The van der Waals surface area contributed by atoms with Gasteiger partial charge < -0.3 is 29.9 Å². The molecule has 0 radical (unpaired) electrons. The maximum absolute atomic E-state index is 11.3. The Morgan fingerprint density at radius 1 is 0.287 bits per heavy atom. The van der Waals surface area contributed by atoms with Crippen molar-refractivity contribution in [1.82, 2.24) is 0 Å². The Kier molecular flexibility index (Phi) is 11.9. The second-order valence-corrected chi connectivity index (χ2v) is 21.3. The molecule has 0 unspecified atom stereocenters. The van der Waals surface area contributed by atoms with Crippen LogP contribution >= 0.6 is 0 Å². The van der Waals surface area contributed by atoms with Crippen LogP contribution in [0.4, 0.5) is 22.7 Å². The summed E-state index contributed by atoms with van der Waals surface area (Å²) in [7, 11) is 0. The number of benzene rings is 10. The van der Waals surface area contributed by atoms with Crippen molar-refractivity contribution in [2.75, 3.05) is 0 Å².